The monoisotopic (exact) mass is 230 g/mol. The van der Waals surface area contributed by atoms with Gasteiger partial charge < -0.3 is 15.8 Å². The molecule has 0 bridgehead atoms. The fourth-order valence-corrected chi connectivity index (χ4v) is 1.80. The van der Waals surface area contributed by atoms with Crippen LogP contribution < -0.4 is 5.73 Å². The highest BCUT2D eigenvalue weighted by atomic mass is 16.4. The zero-order valence-corrected chi connectivity index (χ0v) is 9.31. The number of hydrogen-bond donors (Lipinski definition) is 3. The number of rotatable bonds is 4. The van der Waals surface area contributed by atoms with Crippen LogP contribution in [-0.2, 0) is 0 Å². The number of hydrogen-bond acceptors (Lipinski definition) is 2. The number of fused-ring (bicyclic) bond motifs is 1. The largest absolute Gasteiger partial charge is 0.477 e. The Hall–Kier alpha value is -2.07. The minimum Gasteiger partial charge on any atom is -0.477 e. The first kappa shape index (κ1) is 11.4. The third-order valence-corrected chi connectivity index (χ3v) is 2.58. The molecule has 1 aromatic carbocycles. The molecule has 2 rings (SSSR count). The molecule has 0 spiro atoms. The van der Waals surface area contributed by atoms with E-state index in [2.05, 4.69) is 4.98 Å². The Morgan fingerprint density at radius 3 is 2.88 bits per heavy atom. The van der Waals surface area contributed by atoms with Gasteiger partial charge in [-0.05, 0) is 19.0 Å². The molecule has 4 nitrogen and oxygen atoms in total. The molecule has 0 fully saturated rings. The second-order valence-corrected chi connectivity index (χ2v) is 3.74. The minimum atomic E-state index is -0.950. The van der Waals surface area contributed by atoms with Gasteiger partial charge in [0.05, 0.1) is 0 Å². The lowest BCUT2D eigenvalue weighted by molar-refractivity contribution is 0.0691. The Bertz CT molecular complexity index is 570. The molecule has 0 saturated carbocycles. The molecular weight excluding hydrogens is 216 g/mol. The molecule has 0 aliphatic heterocycles. The summed E-state index contributed by atoms with van der Waals surface area (Å²) in [6.07, 6.45) is 4.44. The van der Waals surface area contributed by atoms with Gasteiger partial charge in [-0.3, -0.25) is 0 Å². The van der Waals surface area contributed by atoms with Crippen LogP contribution in [0.15, 0.2) is 30.3 Å². The Morgan fingerprint density at radius 1 is 1.41 bits per heavy atom. The normalized spacial score (nSPS) is 11.4. The third kappa shape index (κ3) is 2.21. The maximum atomic E-state index is 11.1. The highest BCUT2D eigenvalue weighted by Gasteiger charge is 2.13. The Balaban J connectivity index is 2.56. The second-order valence-electron chi connectivity index (χ2n) is 3.74. The van der Waals surface area contributed by atoms with Crippen LogP contribution in [0.25, 0.3) is 17.0 Å². The molecule has 1 heterocycles. The number of para-hydroxylation sites is 1. The first-order valence-corrected chi connectivity index (χ1v) is 5.44. The second kappa shape index (κ2) is 4.84. The molecular formula is C13H14N2O2. The molecule has 0 radical (unpaired) electrons. The van der Waals surface area contributed by atoms with E-state index in [0.29, 0.717) is 12.1 Å². The van der Waals surface area contributed by atoms with Gasteiger partial charge in [0.15, 0.2) is 0 Å². The van der Waals surface area contributed by atoms with E-state index in [9.17, 15) is 4.79 Å². The van der Waals surface area contributed by atoms with E-state index in [1.54, 1.807) is 0 Å². The summed E-state index contributed by atoms with van der Waals surface area (Å²) in [5.74, 6) is -0.950. The smallest absolute Gasteiger partial charge is 0.352 e. The zero-order valence-electron chi connectivity index (χ0n) is 9.31. The summed E-state index contributed by atoms with van der Waals surface area (Å²) in [5, 5.41) is 10.0. The van der Waals surface area contributed by atoms with Crippen molar-refractivity contribution in [2.75, 3.05) is 6.54 Å². The number of nitrogens with one attached hydrogen (secondary N) is 1. The van der Waals surface area contributed by atoms with E-state index in [4.69, 9.17) is 10.8 Å². The minimum absolute atomic E-state index is 0.222. The fraction of sp³-hybridized carbons (Fsp3) is 0.154. The van der Waals surface area contributed by atoms with E-state index in [0.717, 1.165) is 17.3 Å². The van der Waals surface area contributed by atoms with Gasteiger partial charge in [-0.2, -0.15) is 0 Å². The van der Waals surface area contributed by atoms with Crippen LogP contribution in [-0.4, -0.2) is 22.6 Å². The van der Waals surface area contributed by atoms with Gasteiger partial charge in [-0.1, -0.05) is 30.4 Å². The van der Waals surface area contributed by atoms with Crippen LogP contribution in [0.2, 0.25) is 0 Å². The molecule has 0 aliphatic rings. The summed E-state index contributed by atoms with van der Waals surface area (Å²) in [4.78, 5) is 14.0. The lowest BCUT2D eigenvalue weighted by atomic mass is 10.1. The van der Waals surface area contributed by atoms with Crippen molar-refractivity contribution < 1.29 is 9.90 Å². The van der Waals surface area contributed by atoms with Gasteiger partial charge >= 0.3 is 5.97 Å². The highest BCUT2D eigenvalue weighted by Crippen LogP contribution is 2.23. The number of benzene rings is 1. The number of nitrogens with two attached hydrogens (primary N) is 1. The average molecular weight is 230 g/mol. The van der Waals surface area contributed by atoms with Crippen molar-refractivity contribution in [1.29, 1.82) is 0 Å². The summed E-state index contributed by atoms with van der Waals surface area (Å²) < 4.78 is 0. The highest BCUT2D eigenvalue weighted by molar-refractivity contribution is 6.01. The molecule has 0 amide bonds. The van der Waals surface area contributed by atoms with Gasteiger partial charge in [0.1, 0.15) is 5.69 Å². The van der Waals surface area contributed by atoms with Crippen LogP contribution >= 0.6 is 0 Å². The molecule has 1 aromatic heterocycles. The average Bonchev–Trinajstić information content (AvgIpc) is 2.69. The molecule has 4 heteroatoms. The Labute approximate surface area is 98.8 Å². The van der Waals surface area contributed by atoms with Crippen LogP contribution in [0.5, 0.6) is 0 Å². The lowest BCUT2D eigenvalue weighted by Crippen LogP contribution is -1.99. The molecule has 0 aliphatic carbocycles. The standard InChI is InChI=1S/C13H14N2O2/c14-8-4-3-6-10-9-5-1-2-7-11(9)15-12(10)13(16)17/h1-3,5-7,15H,4,8,14H2,(H,16,17). The van der Waals surface area contributed by atoms with Crippen LogP contribution in [0.4, 0.5) is 0 Å². The van der Waals surface area contributed by atoms with E-state index < -0.39 is 5.97 Å². The maximum Gasteiger partial charge on any atom is 0.352 e. The van der Waals surface area contributed by atoms with Crippen molar-refractivity contribution in [3.8, 4) is 0 Å². The van der Waals surface area contributed by atoms with Crippen molar-refractivity contribution >= 4 is 22.9 Å². The summed E-state index contributed by atoms with van der Waals surface area (Å²) >= 11 is 0. The van der Waals surface area contributed by atoms with Gasteiger partial charge in [-0.25, -0.2) is 4.79 Å². The Morgan fingerprint density at radius 2 is 2.18 bits per heavy atom. The van der Waals surface area contributed by atoms with Crippen molar-refractivity contribution in [2.45, 2.75) is 6.42 Å². The van der Waals surface area contributed by atoms with E-state index >= 15 is 0 Å². The Kier molecular flexibility index (Phi) is 3.25. The maximum absolute atomic E-state index is 11.1. The summed E-state index contributed by atoms with van der Waals surface area (Å²) in [5.41, 5.74) is 7.17. The van der Waals surface area contributed by atoms with Crippen molar-refractivity contribution in [3.63, 3.8) is 0 Å². The van der Waals surface area contributed by atoms with Crippen LogP contribution in [0.1, 0.15) is 22.5 Å². The van der Waals surface area contributed by atoms with E-state index in [1.807, 2.05) is 36.4 Å². The number of H-pyrrole nitrogens is 1. The van der Waals surface area contributed by atoms with Crippen molar-refractivity contribution in [3.05, 3.63) is 41.6 Å². The van der Waals surface area contributed by atoms with Gasteiger partial charge in [0.2, 0.25) is 0 Å². The zero-order chi connectivity index (χ0) is 12.3. The molecule has 0 unspecified atom stereocenters. The lowest BCUT2D eigenvalue weighted by Gasteiger charge is -1.94. The number of carboxylic acid groups (broad SMARTS) is 1. The molecule has 0 saturated heterocycles. The third-order valence-electron chi connectivity index (χ3n) is 2.58. The van der Waals surface area contributed by atoms with E-state index in [-0.39, 0.29) is 5.69 Å². The van der Waals surface area contributed by atoms with Gasteiger partial charge in [0.25, 0.3) is 0 Å². The number of aromatic amines is 1. The number of aromatic nitrogens is 1. The molecule has 17 heavy (non-hydrogen) atoms. The molecule has 88 valence electrons. The summed E-state index contributed by atoms with van der Waals surface area (Å²) in [7, 11) is 0. The number of carbonyl (C=O) groups is 1. The van der Waals surface area contributed by atoms with Gasteiger partial charge in [-0.15, -0.1) is 0 Å². The predicted octanol–water partition coefficient (Wildman–Crippen LogP) is 2.23. The molecule has 4 N–H and O–H groups in total. The van der Waals surface area contributed by atoms with E-state index in [1.165, 1.54) is 0 Å². The van der Waals surface area contributed by atoms with Crippen LogP contribution in [0.3, 0.4) is 0 Å². The first-order valence-electron chi connectivity index (χ1n) is 5.44. The molecule has 0 atom stereocenters. The van der Waals surface area contributed by atoms with Gasteiger partial charge in [0, 0.05) is 16.5 Å². The fourth-order valence-electron chi connectivity index (χ4n) is 1.80. The summed E-state index contributed by atoms with van der Waals surface area (Å²) in [6, 6.07) is 7.53. The number of aromatic carboxylic acids is 1. The first-order chi connectivity index (χ1) is 8.24. The predicted molar refractivity (Wildman–Crippen MR) is 68.0 cm³/mol. The van der Waals surface area contributed by atoms with Crippen molar-refractivity contribution in [2.24, 2.45) is 5.73 Å². The topological polar surface area (TPSA) is 79.1 Å². The summed E-state index contributed by atoms with van der Waals surface area (Å²) in [6.45, 7) is 0.557. The van der Waals surface area contributed by atoms with Crippen molar-refractivity contribution in [1.82, 2.24) is 4.98 Å². The number of carboxylic acids is 1. The van der Waals surface area contributed by atoms with Crippen LogP contribution in [0, 0.1) is 0 Å². The SMILES string of the molecule is NCCC=Cc1c(C(=O)O)[nH]c2ccccc12. The molecule has 2 aromatic rings. The quantitative estimate of drug-likeness (QED) is 0.753.